The van der Waals surface area contributed by atoms with Crippen molar-refractivity contribution in [2.24, 2.45) is 5.73 Å². The summed E-state index contributed by atoms with van der Waals surface area (Å²) in [4.78, 5) is 29.4. The molecular weight excluding hydrogens is 334 g/mol. The van der Waals surface area contributed by atoms with Gasteiger partial charge in [0.1, 0.15) is 6.04 Å². The Morgan fingerprint density at radius 1 is 1.24 bits per heavy atom. The predicted octanol–water partition coefficient (Wildman–Crippen LogP) is 2.14. The van der Waals surface area contributed by atoms with Gasteiger partial charge in [-0.3, -0.25) is 14.6 Å². The van der Waals surface area contributed by atoms with E-state index < -0.39 is 11.9 Å². The molecule has 0 saturated heterocycles. The zero-order valence-corrected chi connectivity index (χ0v) is 12.9. The molecular formula is C15H14BrN3O2. The van der Waals surface area contributed by atoms with Crippen LogP contribution in [-0.2, 0) is 4.79 Å². The number of aromatic nitrogens is 1. The third-order valence-electron chi connectivity index (χ3n) is 3.07. The van der Waals surface area contributed by atoms with E-state index in [1.54, 1.807) is 37.4 Å². The van der Waals surface area contributed by atoms with Crippen LogP contribution in [0.3, 0.4) is 0 Å². The summed E-state index contributed by atoms with van der Waals surface area (Å²) >= 11 is 3.35. The fourth-order valence-corrected chi connectivity index (χ4v) is 2.49. The Morgan fingerprint density at radius 2 is 1.90 bits per heavy atom. The molecule has 0 radical (unpaired) electrons. The van der Waals surface area contributed by atoms with E-state index in [0.717, 1.165) is 4.47 Å². The number of nitrogens with two attached hydrogens (primary N) is 1. The van der Waals surface area contributed by atoms with Gasteiger partial charge < -0.3 is 10.6 Å². The van der Waals surface area contributed by atoms with Gasteiger partial charge in [-0.25, -0.2) is 0 Å². The summed E-state index contributed by atoms with van der Waals surface area (Å²) in [6.45, 7) is 0. The highest BCUT2D eigenvalue weighted by molar-refractivity contribution is 9.10. The molecule has 6 heteroatoms. The first-order valence-electron chi connectivity index (χ1n) is 6.22. The minimum atomic E-state index is -0.830. The van der Waals surface area contributed by atoms with Gasteiger partial charge in [0, 0.05) is 29.5 Å². The van der Waals surface area contributed by atoms with Crippen molar-refractivity contribution in [3.8, 4) is 0 Å². The summed E-state index contributed by atoms with van der Waals surface area (Å²) in [5.74, 6) is -0.876. The quantitative estimate of drug-likeness (QED) is 0.920. The molecule has 1 atom stereocenters. The predicted molar refractivity (Wildman–Crippen MR) is 82.4 cm³/mol. The van der Waals surface area contributed by atoms with Crippen LogP contribution in [0.25, 0.3) is 0 Å². The first-order valence-corrected chi connectivity index (χ1v) is 7.02. The number of hydrogen-bond acceptors (Lipinski definition) is 3. The van der Waals surface area contributed by atoms with Gasteiger partial charge in [0.05, 0.1) is 0 Å². The highest BCUT2D eigenvalue weighted by Crippen LogP contribution is 2.23. The minimum Gasteiger partial charge on any atom is -0.368 e. The number of likely N-dealkylation sites (N-methyl/N-ethyl adjacent to an activating group) is 1. The summed E-state index contributed by atoms with van der Waals surface area (Å²) in [6.07, 6.45) is 3.05. The molecule has 0 bridgehead atoms. The van der Waals surface area contributed by atoms with Gasteiger partial charge in [0.15, 0.2) is 0 Å². The molecule has 0 saturated carbocycles. The number of carbonyl (C=O) groups excluding carboxylic acids is 2. The highest BCUT2D eigenvalue weighted by Gasteiger charge is 2.27. The van der Waals surface area contributed by atoms with Crippen molar-refractivity contribution < 1.29 is 9.59 Å². The van der Waals surface area contributed by atoms with Crippen LogP contribution in [0.5, 0.6) is 0 Å². The third kappa shape index (κ3) is 3.46. The third-order valence-corrected chi connectivity index (χ3v) is 3.56. The van der Waals surface area contributed by atoms with Crippen LogP contribution in [0.1, 0.15) is 22.0 Å². The second-order valence-electron chi connectivity index (χ2n) is 4.51. The molecule has 108 valence electrons. The second kappa shape index (κ2) is 6.49. The average Bonchev–Trinajstić information content (AvgIpc) is 2.47. The van der Waals surface area contributed by atoms with Gasteiger partial charge in [-0.05, 0) is 29.8 Å². The van der Waals surface area contributed by atoms with Gasteiger partial charge in [-0.2, -0.15) is 0 Å². The molecule has 0 spiro atoms. The summed E-state index contributed by atoms with van der Waals surface area (Å²) in [5.41, 5.74) is 6.58. The Hall–Kier alpha value is -2.21. The van der Waals surface area contributed by atoms with Crippen LogP contribution < -0.4 is 5.73 Å². The number of pyridine rings is 1. The summed E-state index contributed by atoms with van der Waals surface area (Å²) < 4.78 is 0.816. The Morgan fingerprint density at radius 3 is 2.48 bits per heavy atom. The van der Waals surface area contributed by atoms with E-state index in [2.05, 4.69) is 20.9 Å². The molecule has 2 aromatic rings. The number of primary amides is 1. The number of halogens is 1. The van der Waals surface area contributed by atoms with E-state index in [1.807, 2.05) is 6.07 Å². The second-order valence-corrected chi connectivity index (χ2v) is 5.43. The van der Waals surface area contributed by atoms with Crippen LogP contribution in [0.15, 0.2) is 53.3 Å². The van der Waals surface area contributed by atoms with E-state index >= 15 is 0 Å². The molecule has 0 aliphatic rings. The summed E-state index contributed by atoms with van der Waals surface area (Å²) in [5, 5.41) is 0. The van der Waals surface area contributed by atoms with E-state index in [9.17, 15) is 9.59 Å². The number of rotatable bonds is 4. The van der Waals surface area contributed by atoms with Gasteiger partial charge in [-0.15, -0.1) is 0 Å². The zero-order chi connectivity index (χ0) is 15.4. The number of carbonyl (C=O) groups is 2. The fourth-order valence-electron chi connectivity index (χ4n) is 2.07. The van der Waals surface area contributed by atoms with Crippen molar-refractivity contribution in [2.75, 3.05) is 7.05 Å². The van der Waals surface area contributed by atoms with Gasteiger partial charge in [0.2, 0.25) is 5.91 Å². The summed E-state index contributed by atoms with van der Waals surface area (Å²) in [7, 11) is 1.55. The molecule has 5 nitrogen and oxygen atoms in total. The van der Waals surface area contributed by atoms with Crippen LogP contribution in [0.4, 0.5) is 0 Å². The molecule has 2 amide bonds. The van der Waals surface area contributed by atoms with Gasteiger partial charge >= 0.3 is 0 Å². The molecule has 2 rings (SSSR count). The number of amides is 2. The van der Waals surface area contributed by atoms with Gasteiger partial charge in [-0.1, -0.05) is 28.1 Å². The van der Waals surface area contributed by atoms with Crippen molar-refractivity contribution >= 4 is 27.7 Å². The van der Waals surface area contributed by atoms with Crippen molar-refractivity contribution in [3.05, 3.63) is 64.4 Å². The molecule has 2 N–H and O–H groups in total. The average molecular weight is 348 g/mol. The molecule has 21 heavy (non-hydrogen) atoms. The van der Waals surface area contributed by atoms with Crippen molar-refractivity contribution in [1.29, 1.82) is 0 Å². The monoisotopic (exact) mass is 347 g/mol. The molecule has 1 aromatic heterocycles. The van der Waals surface area contributed by atoms with Crippen molar-refractivity contribution in [1.82, 2.24) is 9.88 Å². The maximum atomic E-state index is 12.4. The molecule has 0 fully saturated rings. The Bertz CT molecular complexity index is 661. The Kier molecular flexibility index (Phi) is 4.70. The number of nitrogens with zero attached hydrogens (tertiary/aromatic N) is 2. The SMILES string of the molecule is CN(C(=O)c1ccncc1)[C@H](C(N)=O)c1cccc(Br)c1. The van der Waals surface area contributed by atoms with E-state index in [4.69, 9.17) is 5.73 Å². The maximum Gasteiger partial charge on any atom is 0.254 e. The lowest BCUT2D eigenvalue weighted by Gasteiger charge is -2.26. The number of benzene rings is 1. The molecule has 1 heterocycles. The smallest absolute Gasteiger partial charge is 0.254 e. The van der Waals surface area contributed by atoms with Crippen molar-refractivity contribution in [2.45, 2.75) is 6.04 Å². The lowest BCUT2D eigenvalue weighted by atomic mass is 10.0. The first-order chi connectivity index (χ1) is 10.0. The molecule has 0 unspecified atom stereocenters. The van der Waals surface area contributed by atoms with E-state index in [1.165, 1.54) is 17.3 Å². The largest absolute Gasteiger partial charge is 0.368 e. The van der Waals surface area contributed by atoms with Crippen molar-refractivity contribution in [3.63, 3.8) is 0 Å². The molecule has 1 aromatic carbocycles. The van der Waals surface area contributed by atoms with E-state index in [0.29, 0.717) is 11.1 Å². The van der Waals surface area contributed by atoms with E-state index in [-0.39, 0.29) is 5.91 Å². The Labute approximate surface area is 130 Å². The van der Waals surface area contributed by atoms with Crippen LogP contribution in [-0.4, -0.2) is 28.7 Å². The molecule has 0 aliphatic heterocycles. The molecule has 0 aliphatic carbocycles. The fraction of sp³-hybridized carbons (Fsp3) is 0.133. The zero-order valence-electron chi connectivity index (χ0n) is 11.4. The lowest BCUT2D eigenvalue weighted by molar-refractivity contribution is -0.122. The normalized spacial score (nSPS) is 11.7. The lowest BCUT2D eigenvalue weighted by Crippen LogP contribution is -2.39. The minimum absolute atomic E-state index is 0.291. The summed E-state index contributed by atoms with van der Waals surface area (Å²) in [6, 6.07) is 9.52. The standard InChI is InChI=1S/C15H14BrN3O2/c1-19(15(21)10-5-7-18-8-6-10)13(14(17)20)11-3-2-4-12(16)9-11/h2-9,13H,1H3,(H2,17,20)/t13-/m0/s1. The Balaban J connectivity index is 2.35. The maximum absolute atomic E-state index is 12.4. The van der Waals surface area contributed by atoms with Crippen LogP contribution in [0.2, 0.25) is 0 Å². The first kappa shape index (κ1) is 15.2. The number of hydrogen-bond donors (Lipinski definition) is 1. The topological polar surface area (TPSA) is 76.3 Å². The van der Waals surface area contributed by atoms with Crippen LogP contribution >= 0.6 is 15.9 Å². The van der Waals surface area contributed by atoms with Gasteiger partial charge in [0.25, 0.3) is 5.91 Å². The highest BCUT2D eigenvalue weighted by atomic mass is 79.9. The van der Waals surface area contributed by atoms with Crippen LogP contribution in [0, 0.1) is 0 Å².